The van der Waals surface area contributed by atoms with Gasteiger partial charge in [-0.05, 0) is 24.6 Å². The first-order valence-corrected chi connectivity index (χ1v) is 7.19. The number of methoxy groups -OCH3 is 2. The summed E-state index contributed by atoms with van der Waals surface area (Å²) in [5.41, 5.74) is 0.765. The number of esters is 1. The third-order valence-corrected chi connectivity index (χ3v) is 3.18. The van der Waals surface area contributed by atoms with Gasteiger partial charge in [0.25, 0.3) is 0 Å². The normalized spacial score (nSPS) is 9.86. The van der Waals surface area contributed by atoms with Gasteiger partial charge in [0.2, 0.25) is 0 Å². The minimum Gasteiger partial charge on any atom is -0.493 e. The predicted octanol–water partition coefficient (Wildman–Crippen LogP) is 2.31. The van der Waals surface area contributed by atoms with Crippen molar-refractivity contribution in [3.8, 4) is 11.5 Å². The monoisotopic (exact) mass is 311 g/mol. The topological polar surface area (TPSA) is 56.8 Å². The van der Waals surface area contributed by atoms with Crippen LogP contribution >= 0.6 is 12.2 Å². The number of carbonyl (C=O) groups excluding carboxylic acids is 1. The molecule has 0 radical (unpaired) electrons. The molecule has 0 unspecified atom stereocenters. The van der Waals surface area contributed by atoms with Crippen molar-refractivity contribution in [3.05, 3.63) is 23.8 Å². The lowest BCUT2D eigenvalue weighted by Crippen LogP contribution is -2.29. The number of ether oxygens (including phenoxy) is 3. The van der Waals surface area contributed by atoms with Crippen LogP contribution in [-0.4, -0.2) is 38.3 Å². The van der Waals surface area contributed by atoms with Crippen molar-refractivity contribution in [3.63, 3.8) is 0 Å². The van der Waals surface area contributed by atoms with E-state index in [1.807, 2.05) is 6.07 Å². The number of thiocarbonyl (C=S) groups is 1. The molecule has 1 N–H and O–H groups in total. The fraction of sp³-hybridized carbons (Fsp3) is 0.467. The van der Waals surface area contributed by atoms with E-state index in [0.29, 0.717) is 23.1 Å². The van der Waals surface area contributed by atoms with Crippen molar-refractivity contribution < 1.29 is 19.0 Å². The van der Waals surface area contributed by atoms with Gasteiger partial charge in [0.15, 0.2) is 11.5 Å². The van der Waals surface area contributed by atoms with Gasteiger partial charge in [0.1, 0.15) is 11.5 Å². The molecular weight excluding hydrogens is 290 g/mol. The molecule has 116 valence electrons. The summed E-state index contributed by atoms with van der Waals surface area (Å²) in [5, 5.41) is 2.84. The summed E-state index contributed by atoms with van der Waals surface area (Å²) >= 11 is 5.25. The maximum absolute atomic E-state index is 11.1. The second kappa shape index (κ2) is 9.18. The molecule has 0 amide bonds. The Labute approximate surface area is 130 Å². The fourth-order valence-electron chi connectivity index (χ4n) is 1.58. The molecule has 1 aromatic rings. The quantitative estimate of drug-likeness (QED) is 0.452. The molecule has 0 bridgehead atoms. The van der Waals surface area contributed by atoms with Gasteiger partial charge in [0.05, 0.1) is 20.8 Å². The maximum Gasteiger partial charge on any atom is 0.325 e. The Hall–Kier alpha value is -1.82. The number of rotatable bonds is 8. The zero-order chi connectivity index (χ0) is 15.7. The molecule has 0 saturated carbocycles. The van der Waals surface area contributed by atoms with Gasteiger partial charge in [-0.25, -0.2) is 0 Å². The number of unbranched alkanes of at least 4 members (excludes halogenated alkanes) is 1. The Morgan fingerprint density at radius 3 is 2.67 bits per heavy atom. The van der Waals surface area contributed by atoms with Crippen molar-refractivity contribution in [2.45, 2.75) is 19.8 Å². The van der Waals surface area contributed by atoms with Crippen LogP contribution in [0.25, 0.3) is 0 Å². The van der Waals surface area contributed by atoms with E-state index in [9.17, 15) is 4.79 Å². The van der Waals surface area contributed by atoms with Crippen LogP contribution in [-0.2, 0) is 9.53 Å². The standard InChI is InChI=1S/C15H21NO4S/c1-4-5-8-20-13-9-11(6-7-12(13)18-2)15(21)16-10-14(17)19-3/h6-7,9H,4-5,8,10H2,1-3H3,(H,16,21). The number of hydrogen-bond donors (Lipinski definition) is 1. The van der Waals surface area contributed by atoms with Crippen molar-refractivity contribution in [2.75, 3.05) is 27.4 Å². The Kier molecular flexibility index (Phi) is 7.53. The van der Waals surface area contributed by atoms with Crippen LogP contribution in [0.2, 0.25) is 0 Å². The fourth-order valence-corrected chi connectivity index (χ4v) is 1.78. The van der Waals surface area contributed by atoms with E-state index in [-0.39, 0.29) is 12.5 Å². The third-order valence-electron chi connectivity index (χ3n) is 2.80. The van der Waals surface area contributed by atoms with Gasteiger partial charge in [0, 0.05) is 5.56 Å². The lowest BCUT2D eigenvalue weighted by atomic mass is 10.2. The first-order valence-electron chi connectivity index (χ1n) is 6.78. The second-order valence-electron chi connectivity index (χ2n) is 4.33. The SMILES string of the molecule is CCCCOc1cc(C(=S)NCC(=O)OC)ccc1OC. The van der Waals surface area contributed by atoms with E-state index in [1.54, 1.807) is 19.2 Å². The van der Waals surface area contributed by atoms with E-state index < -0.39 is 0 Å². The van der Waals surface area contributed by atoms with E-state index in [4.69, 9.17) is 21.7 Å². The third kappa shape index (κ3) is 5.59. The minimum absolute atomic E-state index is 0.0351. The lowest BCUT2D eigenvalue weighted by Gasteiger charge is -2.13. The number of carbonyl (C=O) groups is 1. The van der Waals surface area contributed by atoms with Crippen LogP contribution < -0.4 is 14.8 Å². The van der Waals surface area contributed by atoms with Crippen LogP contribution in [0.4, 0.5) is 0 Å². The van der Waals surface area contributed by atoms with E-state index in [1.165, 1.54) is 7.11 Å². The van der Waals surface area contributed by atoms with Crippen molar-refractivity contribution in [1.29, 1.82) is 0 Å². The van der Waals surface area contributed by atoms with Crippen LogP contribution in [0.5, 0.6) is 11.5 Å². The van der Waals surface area contributed by atoms with Gasteiger partial charge in [-0.15, -0.1) is 0 Å². The molecule has 0 fully saturated rings. The molecule has 6 heteroatoms. The number of nitrogens with one attached hydrogen (secondary N) is 1. The Morgan fingerprint density at radius 2 is 2.05 bits per heavy atom. The zero-order valence-corrected chi connectivity index (χ0v) is 13.4. The molecule has 21 heavy (non-hydrogen) atoms. The lowest BCUT2D eigenvalue weighted by molar-refractivity contribution is -0.139. The molecule has 0 heterocycles. The van der Waals surface area contributed by atoms with Gasteiger partial charge in [-0.3, -0.25) is 4.79 Å². The van der Waals surface area contributed by atoms with Gasteiger partial charge in [-0.2, -0.15) is 0 Å². The molecule has 0 spiro atoms. The molecule has 0 aromatic heterocycles. The summed E-state index contributed by atoms with van der Waals surface area (Å²) in [6.45, 7) is 2.76. The van der Waals surface area contributed by atoms with Crippen molar-refractivity contribution in [2.24, 2.45) is 0 Å². The molecule has 1 aromatic carbocycles. The molecule has 5 nitrogen and oxygen atoms in total. The summed E-state index contributed by atoms with van der Waals surface area (Å²) in [4.78, 5) is 11.6. The average Bonchev–Trinajstić information content (AvgIpc) is 2.52. The van der Waals surface area contributed by atoms with Gasteiger partial charge in [-0.1, -0.05) is 25.6 Å². The van der Waals surface area contributed by atoms with Crippen LogP contribution in [0.15, 0.2) is 18.2 Å². The highest BCUT2D eigenvalue weighted by Gasteiger charge is 2.10. The summed E-state index contributed by atoms with van der Waals surface area (Å²) in [7, 11) is 2.93. The van der Waals surface area contributed by atoms with E-state index in [0.717, 1.165) is 18.4 Å². The smallest absolute Gasteiger partial charge is 0.325 e. The van der Waals surface area contributed by atoms with E-state index in [2.05, 4.69) is 17.0 Å². The highest BCUT2D eigenvalue weighted by atomic mass is 32.1. The molecular formula is C15H21NO4S. The highest BCUT2D eigenvalue weighted by Crippen LogP contribution is 2.28. The largest absolute Gasteiger partial charge is 0.493 e. The van der Waals surface area contributed by atoms with Crippen molar-refractivity contribution in [1.82, 2.24) is 5.32 Å². The van der Waals surface area contributed by atoms with Crippen LogP contribution in [0.3, 0.4) is 0 Å². The molecule has 0 saturated heterocycles. The van der Waals surface area contributed by atoms with Crippen molar-refractivity contribution >= 4 is 23.2 Å². The Bertz CT molecular complexity index is 491. The predicted molar refractivity (Wildman–Crippen MR) is 85.1 cm³/mol. The molecule has 0 aliphatic heterocycles. The minimum atomic E-state index is -0.370. The molecule has 0 aliphatic rings. The summed E-state index contributed by atoms with van der Waals surface area (Å²) in [6.07, 6.45) is 2.03. The summed E-state index contributed by atoms with van der Waals surface area (Å²) in [5.74, 6) is 0.932. The maximum atomic E-state index is 11.1. The molecule has 0 aliphatic carbocycles. The van der Waals surface area contributed by atoms with Crippen LogP contribution in [0.1, 0.15) is 25.3 Å². The first-order chi connectivity index (χ1) is 10.1. The highest BCUT2D eigenvalue weighted by molar-refractivity contribution is 7.80. The Balaban J connectivity index is 2.76. The number of benzene rings is 1. The summed E-state index contributed by atoms with van der Waals surface area (Å²) < 4.78 is 15.5. The van der Waals surface area contributed by atoms with Crippen LogP contribution in [0, 0.1) is 0 Å². The molecule has 0 atom stereocenters. The second-order valence-corrected chi connectivity index (χ2v) is 4.73. The van der Waals surface area contributed by atoms with E-state index >= 15 is 0 Å². The zero-order valence-electron chi connectivity index (χ0n) is 12.6. The van der Waals surface area contributed by atoms with Gasteiger partial charge >= 0.3 is 5.97 Å². The van der Waals surface area contributed by atoms with Gasteiger partial charge < -0.3 is 19.5 Å². The summed E-state index contributed by atoms with van der Waals surface area (Å²) in [6, 6.07) is 5.42. The first kappa shape index (κ1) is 17.2. The Morgan fingerprint density at radius 1 is 1.29 bits per heavy atom. The number of hydrogen-bond acceptors (Lipinski definition) is 5. The molecule has 1 rings (SSSR count). The average molecular weight is 311 g/mol.